The molecule has 6 rings (SSSR count). The van der Waals surface area contributed by atoms with Gasteiger partial charge in [0.1, 0.15) is 11.8 Å². The molecule has 31 heavy (non-hydrogen) atoms. The van der Waals surface area contributed by atoms with Gasteiger partial charge in [0.15, 0.2) is 0 Å². The standard InChI is InChI=1S/C26H36N2O3/c1-3-31-22-8-6-18(7-9-22)17-27(2)24(29)23-5-4-10-28(23)25(30)26-14-19-11-20(15-26)13-21(12-19)16-26/h6-9,19-21,23H,3-5,10-17H2,1-2H3. The molecule has 0 spiro atoms. The second kappa shape index (κ2) is 8.14. The summed E-state index contributed by atoms with van der Waals surface area (Å²) in [4.78, 5) is 31.0. The van der Waals surface area contributed by atoms with Crippen LogP contribution in [0.5, 0.6) is 5.75 Å². The van der Waals surface area contributed by atoms with Gasteiger partial charge in [-0.2, -0.15) is 0 Å². The smallest absolute Gasteiger partial charge is 0.245 e. The maximum Gasteiger partial charge on any atom is 0.245 e. The van der Waals surface area contributed by atoms with Crippen LogP contribution in [0.25, 0.3) is 0 Å². The van der Waals surface area contributed by atoms with E-state index in [-0.39, 0.29) is 17.4 Å². The summed E-state index contributed by atoms with van der Waals surface area (Å²) in [6.45, 7) is 3.92. The molecule has 4 aliphatic carbocycles. The Labute approximate surface area is 186 Å². The minimum atomic E-state index is -0.284. The van der Waals surface area contributed by atoms with Crippen LogP contribution in [0.1, 0.15) is 63.9 Å². The van der Waals surface area contributed by atoms with Gasteiger partial charge in [0.2, 0.25) is 11.8 Å². The fourth-order valence-corrected chi connectivity index (χ4v) is 7.41. The molecule has 5 nitrogen and oxygen atoms in total. The maximum absolute atomic E-state index is 13.8. The van der Waals surface area contributed by atoms with Crippen LogP contribution >= 0.6 is 0 Å². The van der Waals surface area contributed by atoms with E-state index in [4.69, 9.17) is 4.74 Å². The number of likely N-dealkylation sites (tertiary alicyclic amines) is 1. The summed E-state index contributed by atoms with van der Waals surface area (Å²) in [6, 6.07) is 7.66. The first-order chi connectivity index (χ1) is 15.0. The van der Waals surface area contributed by atoms with Gasteiger partial charge >= 0.3 is 0 Å². The molecule has 0 aromatic heterocycles. The van der Waals surface area contributed by atoms with E-state index < -0.39 is 0 Å². The SMILES string of the molecule is CCOc1ccc(CN(C)C(=O)C2CCCN2C(=O)C23CC4CC(CC(C4)C2)C3)cc1. The predicted octanol–water partition coefficient (Wildman–Crippen LogP) is 4.25. The van der Waals surface area contributed by atoms with E-state index in [1.54, 1.807) is 4.90 Å². The van der Waals surface area contributed by atoms with E-state index >= 15 is 0 Å². The van der Waals surface area contributed by atoms with E-state index in [0.29, 0.717) is 19.1 Å². The molecular formula is C26H36N2O3. The van der Waals surface area contributed by atoms with Crippen LogP contribution in [0.2, 0.25) is 0 Å². The summed E-state index contributed by atoms with van der Waals surface area (Å²) in [7, 11) is 1.87. The molecular weight excluding hydrogens is 388 g/mol. The topological polar surface area (TPSA) is 49.9 Å². The molecule has 4 bridgehead atoms. The quantitative estimate of drug-likeness (QED) is 0.686. The van der Waals surface area contributed by atoms with Gasteiger partial charge in [-0.1, -0.05) is 12.1 Å². The first-order valence-corrected chi connectivity index (χ1v) is 12.2. The molecule has 0 N–H and O–H groups in total. The van der Waals surface area contributed by atoms with Crippen LogP contribution in [0.15, 0.2) is 24.3 Å². The van der Waals surface area contributed by atoms with Crippen molar-refractivity contribution in [2.24, 2.45) is 23.2 Å². The van der Waals surface area contributed by atoms with Crippen LogP contribution < -0.4 is 4.74 Å². The molecule has 1 aromatic rings. The number of hydrogen-bond donors (Lipinski definition) is 0. The van der Waals surface area contributed by atoms with E-state index in [9.17, 15) is 9.59 Å². The molecule has 5 aliphatic rings. The highest BCUT2D eigenvalue weighted by Gasteiger charge is 2.56. The van der Waals surface area contributed by atoms with Crippen molar-refractivity contribution in [2.75, 3.05) is 20.2 Å². The third-order valence-electron chi connectivity index (χ3n) is 8.32. The molecule has 5 fully saturated rings. The number of nitrogens with zero attached hydrogens (tertiary/aromatic N) is 2. The largest absolute Gasteiger partial charge is 0.494 e. The van der Waals surface area contributed by atoms with E-state index in [1.807, 2.05) is 43.1 Å². The first-order valence-electron chi connectivity index (χ1n) is 12.2. The number of hydrogen-bond acceptors (Lipinski definition) is 3. The van der Waals surface area contributed by atoms with Crippen molar-refractivity contribution in [2.45, 2.75) is 70.9 Å². The Morgan fingerprint density at radius 3 is 2.26 bits per heavy atom. The molecule has 1 atom stereocenters. The predicted molar refractivity (Wildman–Crippen MR) is 119 cm³/mol. The second-order valence-corrected chi connectivity index (χ2v) is 10.6. The van der Waals surface area contributed by atoms with Gasteiger partial charge < -0.3 is 14.5 Å². The Morgan fingerprint density at radius 2 is 1.68 bits per heavy atom. The highest BCUT2D eigenvalue weighted by atomic mass is 16.5. The lowest BCUT2D eigenvalue weighted by Gasteiger charge is -2.56. The van der Waals surface area contributed by atoms with Gasteiger partial charge in [-0.15, -0.1) is 0 Å². The van der Waals surface area contributed by atoms with Gasteiger partial charge in [-0.25, -0.2) is 0 Å². The Morgan fingerprint density at radius 1 is 1.06 bits per heavy atom. The highest BCUT2D eigenvalue weighted by Crippen LogP contribution is 2.60. The zero-order valence-corrected chi connectivity index (χ0v) is 19.0. The fraction of sp³-hybridized carbons (Fsp3) is 0.692. The summed E-state index contributed by atoms with van der Waals surface area (Å²) in [5.41, 5.74) is 0.918. The summed E-state index contributed by atoms with van der Waals surface area (Å²) in [6.07, 6.45) is 8.93. The van der Waals surface area contributed by atoms with E-state index in [0.717, 1.165) is 67.7 Å². The van der Waals surface area contributed by atoms with Crippen molar-refractivity contribution in [3.63, 3.8) is 0 Å². The van der Waals surface area contributed by atoms with Crippen LogP contribution in [0.4, 0.5) is 0 Å². The zero-order valence-electron chi connectivity index (χ0n) is 19.0. The van der Waals surface area contributed by atoms with Crippen molar-refractivity contribution in [1.82, 2.24) is 9.80 Å². The zero-order chi connectivity index (χ0) is 21.6. The number of carbonyl (C=O) groups is 2. The van der Waals surface area contributed by atoms with Crippen LogP contribution in [-0.4, -0.2) is 47.9 Å². The monoisotopic (exact) mass is 424 g/mol. The van der Waals surface area contributed by atoms with Crippen molar-refractivity contribution >= 4 is 11.8 Å². The molecule has 0 radical (unpaired) electrons. The molecule has 1 saturated heterocycles. The van der Waals surface area contributed by atoms with Gasteiger partial charge in [0, 0.05) is 20.1 Å². The summed E-state index contributed by atoms with van der Waals surface area (Å²) in [5, 5.41) is 0. The lowest BCUT2D eigenvalue weighted by Crippen LogP contribution is -2.57. The molecule has 2 amide bonds. The molecule has 1 aliphatic heterocycles. The average Bonchev–Trinajstić information content (AvgIpc) is 3.23. The first kappa shape index (κ1) is 20.8. The molecule has 168 valence electrons. The van der Waals surface area contributed by atoms with Gasteiger partial charge in [-0.05, 0) is 93.7 Å². The van der Waals surface area contributed by atoms with Gasteiger partial charge in [0.25, 0.3) is 0 Å². The number of ether oxygens (including phenoxy) is 1. The highest BCUT2D eigenvalue weighted by molar-refractivity contribution is 5.91. The van der Waals surface area contributed by atoms with Gasteiger partial charge in [-0.3, -0.25) is 9.59 Å². The lowest BCUT2D eigenvalue weighted by molar-refractivity contribution is -0.161. The number of likely N-dealkylation sites (N-methyl/N-ethyl adjacent to an activating group) is 1. The number of amides is 2. The third-order valence-corrected chi connectivity index (χ3v) is 8.32. The number of benzene rings is 1. The minimum absolute atomic E-state index is 0.0875. The molecule has 1 unspecified atom stereocenters. The Balaban J connectivity index is 1.26. The maximum atomic E-state index is 13.8. The third kappa shape index (κ3) is 3.85. The Kier molecular flexibility index (Phi) is 5.47. The minimum Gasteiger partial charge on any atom is -0.494 e. The van der Waals surface area contributed by atoms with Crippen LogP contribution in [0.3, 0.4) is 0 Å². The van der Waals surface area contributed by atoms with E-state index in [1.165, 1.54) is 19.3 Å². The number of rotatable bonds is 6. The lowest BCUT2D eigenvalue weighted by atomic mass is 9.49. The number of carbonyl (C=O) groups excluding carboxylic acids is 2. The van der Waals surface area contributed by atoms with Gasteiger partial charge in [0.05, 0.1) is 12.0 Å². The Bertz CT molecular complexity index is 798. The van der Waals surface area contributed by atoms with Crippen LogP contribution in [-0.2, 0) is 16.1 Å². The summed E-state index contributed by atoms with van der Waals surface area (Å²) >= 11 is 0. The van der Waals surface area contributed by atoms with Crippen molar-refractivity contribution in [1.29, 1.82) is 0 Å². The van der Waals surface area contributed by atoms with Crippen molar-refractivity contribution in [3.8, 4) is 5.75 Å². The molecule has 1 heterocycles. The molecule has 5 heteroatoms. The summed E-state index contributed by atoms with van der Waals surface area (Å²) < 4.78 is 5.51. The average molecular weight is 425 g/mol. The normalized spacial score (nSPS) is 33.5. The van der Waals surface area contributed by atoms with Crippen LogP contribution in [0, 0.1) is 23.2 Å². The van der Waals surface area contributed by atoms with Crippen molar-refractivity contribution < 1.29 is 14.3 Å². The fourth-order valence-electron chi connectivity index (χ4n) is 7.41. The second-order valence-electron chi connectivity index (χ2n) is 10.6. The molecule has 1 aromatic carbocycles. The van der Waals surface area contributed by atoms with E-state index in [2.05, 4.69) is 0 Å². The Hall–Kier alpha value is -2.04. The van der Waals surface area contributed by atoms with Crippen molar-refractivity contribution in [3.05, 3.63) is 29.8 Å². The summed E-state index contributed by atoms with van der Waals surface area (Å²) in [5.74, 6) is 3.47. The molecule has 4 saturated carbocycles.